The summed E-state index contributed by atoms with van der Waals surface area (Å²) in [5, 5.41) is 0. The lowest BCUT2D eigenvalue weighted by atomic mass is 9.79. The van der Waals surface area contributed by atoms with Crippen LogP contribution in [0.1, 0.15) is 33.1 Å². The molecule has 0 aromatic rings. The highest BCUT2D eigenvalue weighted by molar-refractivity contribution is 5.86. The van der Waals surface area contributed by atoms with E-state index >= 15 is 0 Å². The first kappa shape index (κ1) is 16.5. The molecule has 0 saturated heterocycles. The molecule has 1 amide bonds. The van der Waals surface area contributed by atoms with Crippen molar-refractivity contribution in [3.63, 3.8) is 0 Å². The number of carbonyl (C=O) groups excluding carboxylic acids is 3. The number of likely N-dealkylation sites (N-methyl/N-ethyl adjacent to an activating group) is 1. The topological polar surface area (TPSA) is 54.5 Å². The van der Waals surface area contributed by atoms with Crippen molar-refractivity contribution in [2.24, 2.45) is 17.8 Å². The first-order valence-corrected chi connectivity index (χ1v) is 7.00. The zero-order valence-corrected chi connectivity index (χ0v) is 12.2. The van der Waals surface area contributed by atoms with Crippen molar-refractivity contribution in [2.75, 3.05) is 7.05 Å². The van der Waals surface area contributed by atoms with Gasteiger partial charge in [0.1, 0.15) is 12.6 Å². The number of allylic oxidation sites excluding steroid dienone is 1. The van der Waals surface area contributed by atoms with Crippen LogP contribution >= 0.6 is 0 Å². The number of carbonyl (C=O) groups is 3. The molecule has 1 rings (SSSR count). The first-order valence-electron chi connectivity index (χ1n) is 7.00. The van der Waals surface area contributed by atoms with Crippen molar-refractivity contribution in [1.29, 1.82) is 0 Å². The molecule has 5 heteroatoms. The summed E-state index contributed by atoms with van der Waals surface area (Å²) in [7, 11) is 1.53. The molecule has 20 heavy (non-hydrogen) atoms. The van der Waals surface area contributed by atoms with E-state index in [1.807, 2.05) is 6.92 Å². The van der Waals surface area contributed by atoms with E-state index in [4.69, 9.17) is 0 Å². The zero-order chi connectivity index (χ0) is 15.3. The smallest absolute Gasteiger partial charge is 0.230 e. The van der Waals surface area contributed by atoms with Gasteiger partial charge in [-0.2, -0.15) is 0 Å². The van der Waals surface area contributed by atoms with Gasteiger partial charge in [0.05, 0.1) is 17.8 Å². The Kier molecular flexibility index (Phi) is 6.05. The third kappa shape index (κ3) is 3.52. The zero-order valence-electron chi connectivity index (χ0n) is 12.2. The van der Waals surface area contributed by atoms with Gasteiger partial charge in [-0.1, -0.05) is 20.3 Å². The second-order valence-corrected chi connectivity index (χ2v) is 5.46. The molecule has 112 valence electrons. The Morgan fingerprint density at radius 1 is 1.55 bits per heavy atom. The van der Waals surface area contributed by atoms with Gasteiger partial charge in [-0.15, -0.1) is 0 Å². The summed E-state index contributed by atoms with van der Waals surface area (Å²) < 4.78 is 13.7. The minimum atomic E-state index is -0.798. The van der Waals surface area contributed by atoms with Crippen LogP contribution in [0.25, 0.3) is 0 Å². The van der Waals surface area contributed by atoms with E-state index in [2.05, 4.69) is 0 Å². The standard InChI is InChI=1S/C15H22FNO3/c1-4-5-12(9-19)17(3)15(20)13-7-14(16)10(2)6-11(13)8-18/h7-13H,4-6H2,1-3H3. The lowest BCUT2D eigenvalue weighted by Gasteiger charge is -2.32. The molecule has 0 fully saturated rings. The lowest BCUT2D eigenvalue weighted by Crippen LogP contribution is -2.44. The third-order valence-electron chi connectivity index (χ3n) is 3.94. The number of rotatable bonds is 6. The van der Waals surface area contributed by atoms with Gasteiger partial charge < -0.3 is 14.5 Å². The average molecular weight is 283 g/mol. The predicted octanol–water partition coefficient (Wildman–Crippen LogP) is 2.14. The highest BCUT2D eigenvalue weighted by Gasteiger charge is 2.36. The van der Waals surface area contributed by atoms with Gasteiger partial charge >= 0.3 is 0 Å². The maximum atomic E-state index is 13.7. The van der Waals surface area contributed by atoms with E-state index < -0.39 is 17.9 Å². The minimum absolute atomic E-state index is 0.329. The molecule has 0 aromatic heterocycles. The molecule has 0 bridgehead atoms. The molecule has 0 heterocycles. The van der Waals surface area contributed by atoms with Crippen LogP contribution < -0.4 is 0 Å². The monoisotopic (exact) mass is 283 g/mol. The van der Waals surface area contributed by atoms with Gasteiger partial charge in [-0.25, -0.2) is 4.39 Å². The predicted molar refractivity (Wildman–Crippen MR) is 73.5 cm³/mol. The molecule has 4 nitrogen and oxygen atoms in total. The maximum Gasteiger partial charge on any atom is 0.230 e. The summed E-state index contributed by atoms with van der Waals surface area (Å²) in [6, 6.07) is -0.518. The molecule has 0 radical (unpaired) electrons. The van der Waals surface area contributed by atoms with E-state index in [0.717, 1.165) is 12.7 Å². The van der Waals surface area contributed by atoms with Crippen molar-refractivity contribution in [2.45, 2.75) is 39.2 Å². The Balaban J connectivity index is 2.93. The Labute approximate surface area is 119 Å². The Morgan fingerprint density at radius 2 is 2.20 bits per heavy atom. The van der Waals surface area contributed by atoms with Crippen molar-refractivity contribution in [3.8, 4) is 0 Å². The summed E-state index contributed by atoms with van der Waals surface area (Å²) in [4.78, 5) is 35.9. The van der Waals surface area contributed by atoms with Crippen LogP contribution in [-0.2, 0) is 14.4 Å². The summed E-state index contributed by atoms with van der Waals surface area (Å²) in [5.41, 5.74) is 0. The minimum Gasteiger partial charge on any atom is -0.335 e. The van der Waals surface area contributed by atoms with Crippen molar-refractivity contribution in [1.82, 2.24) is 4.90 Å². The molecule has 4 unspecified atom stereocenters. The third-order valence-corrected chi connectivity index (χ3v) is 3.94. The molecular weight excluding hydrogens is 261 g/mol. The van der Waals surface area contributed by atoms with E-state index in [0.29, 0.717) is 19.1 Å². The van der Waals surface area contributed by atoms with Crippen LogP contribution in [0.2, 0.25) is 0 Å². The molecule has 4 atom stereocenters. The van der Waals surface area contributed by atoms with Crippen molar-refractivity contribution in [3.05, 3.63) is 11.9 Å². The summed E-state index contributed by atoms with van der Waals surface area (Å²) >= 11 is 0. The Morgan fingerprint density at radius 3 is 2.70 bits per heavy atom. The highest BCUT2D eigenvalue weighted by atomic mass is 19.1. The van der Waals surface area contributed by atoms with Crippen LogP contribution in [0.5, 0.6) is 0 Å². The molecule has 0 N–H and O–H groups in total. The number of amides is 1. The molecule has 0 saturated carbocycles. The van der Waals surface area contributed by atoms with E-state index in [1.54, 1.807) is 6.92 Å². The van der Waals surface area contributed by atoms with Crippen LogP contribution in [0, 0.1) is 17.8 Å². The van der Waals surface area contributed by atoms with Crippen LogP contribution in [0.3, 0.4) is 0 Å². The van der Waals surface area contributed by atoms with E-state index in [1.165, 1.54) is 18.0 Å². The fourth-order valence-electron chi connectivity index (χ4n) is 2.57. The van der Waals surface area contributed by atoms with Gasteiger partial charge in [0.25, 0.3) is 0 Å². The number of halogens is 1. The second-order valence-electron chi connectivity index (χ2n) is 5.46. The lowest BCUT2D eigenvalue weighted by molar-refractivity contribution is -0.140. The SMILES string of the molecule is CCCC(C=O)N(C)C(=O)C1C=C(F)C(C)CC1C=O. The highest BCUT2D eigenvalue weighted by Crippen LogP contribution is 2.33. The Bertz CT molecular complexity index is 408. The number of hydrogen-bond acceptors (Lipinski definition) is 3. The average Bonchev–Trinajstić information content (AvgIpc) is 2.45. The molecule has 1 aliphatic rings. The fourth-order valence-corrected chi connectivity index (χ4v) is 2.57. The van der Waals surface area contributed by atoms with Crippen LogP contribution in [0.15, 0.2) is 11.9 Å². The molecule has 0 spiro atoms. The van der Waals surface area contributed by atoms with Crippen LogP contribution in [0.4, 0.5) is 4.39 Å². The second kappa shape index (κ2) is 7.31. The number of nitrogens with zero attached hydrogens (tertiary/aromatic N) is 1. The van der Waals surface area contributed by atoms with Gasteiger partial charge in [-0.3, -0.25) is 4.79 Å². The molecular formula is C15H22FNO3. The van der Waals surface area contributed by atoms with Gasteiger partial charge in [0, 0.05) is 18.9 Å². The molecule has 0 aliphatic heterocycles. The molecule has 1 aliphatic carbocycles. The normalized spacial score (nSPS) is 27.4. The number of aldehydes is 2. The van der Waals surface area contributed by atoms with Crippen LogP contribution in [-0.4, -0.2) is 36.5 Å². The summed E-state index contributed by atoms with van der Waals surface area (Å²) in [5.74, 6) is -2.37. The maximum absolute atomic E-state index is 13.7. The van der Waals surface area contributed by atoms with Gasteiger partial charge in [0.15, 0.2) is 0 Å². The summed E-state index contributed by atoms with van der Waals surface area (Å²) in [6.45, 7) is 3.61. The van der Waals surface area contributed by atoms with Gasteiger partial charge in [-0.05, 0) is 18.9 Å². The molecule has 0 aromatic carbocycles. The van der Waals surface area contributed by atoms with Crippen molar-refractivity contribution < 1.29 is 18.8 Å². The number of hydrogen-bond donors (Lipinski definition) is 0. The van der Waals surface area contributed by atoms with E-state index in [-0.39, 0.29) is 17.7 Å². The first-order chi connectivity index (χ1) is 9.46. The quantitative estimate of drug-likeness (QED) is 0.702. The Hall–Kier alpha value is -1.52. The summed E-state index contributed by atoms with van der Waals surface area (Å²) in [6.07, 6.45) is 4.33. The largest absolute Gasteiger partial charge is 0.335 e. The fraction of sp³-hybridized carbons (Fsp3) is 0.667. The van der Waals surface area contributed by atoms with E-state index in [9.17, 15) is 18.8 Å². The van der Waals surface area contributed by atoms with Crippen molar-refractivity contribution >= 4 is 18.5 Å². The van der Waals surface area contributed by atoms with Gasteiger partial charge in [0.2, 0.25) is 5.91 Å².